The van der Waals surface area contributed by atoms with E-state index in [-0.39, 0.29) is 5.56 Å². The second-order valence-corrected chi connectivity index (χ2v) is 4.43. The van der Waals surface area contributed by atoms with Crippen molar-refractivity contribution in [3.05, 3.63) is 34.9 Å². The number of nitrogens with one attached hydrogen (secondary N) is 1. The van der Waals surface area contributed by atoms with Gasteiger partial charge in [-0.1, -0.05) is 0 Å². The van der Waals surface area contributed by atoms with Gasteiger partial charge in [-0.25, -0.2) is 26.5 Å². The largest absolute Gasteiger partial charge is 0.294 e. The van der Waals surface area contributed by atoms with Gasteiger partial charge >= 0.3 is 0 Å². The third kappa shape index (κ3) is 2.20. The first-order chi connectivity index (χ1) is 7.81. The molecule has 17 heavy (non-hydrogen) atoms. The lowest BCUT2D eigenvalue weighted by Gasteiger charge is -2.19. The van der Waals surface area contributed by atoms with Crippen molar-refractivity contribution in [2.45, 2.75) is 18.4 Å². The molecule has 1 aliphatic carbocycles. The Bertz CT molecular complexity index is 494. The quantitative estimate of drug-likeness (QED) is 0.636. The maximum Gasteiger partial charge on any atom is 0.272 e. The SMILES string of the molecule is O=S(O)NC1c2c(F)cc(F)cc2CC1(F)F. The maximum atomic E-state index is 13.5. The van der Waals surface area contributed by atoms with Crippen molar-refractivity contribution in [2.75, 3.05) is 0 Å². The third-order valence-corrected chi connectivity index (χ3v) is 2.97. The third-order valence-electron chi connectivity index (χ3n) is 2.54. The molecule has 2 unspecified atom stereocenters. The molecule has 1 aromatic rings. The Balaban J connectivity index is 2.51. The topological polar surface area (TPSA) is 49.3 Å². The highest BCUT2D eigenvalue weighted by atomic mass is 32.2. The van der Waals surface area contributed by atoms with Gasteiger partial charge in [0.2, 0.25) is 11.3 Å². The summed E-state index contributed by atoms with van der Waals surface area (Å²) < 4.78 is 73.9. The van der Waals surface area contributed by atoms with E-state index in [9.17, 15) is 21.8 Å². The van der Waals surface area contributed by atoms with E-state index in [1.807, 2.05) is 0 Å². The Hall–Kier alpha value is -0.990. The summed E-state index contributed by atoms with van der Waals surface area (Å²) in [4.78, 5) is 0. The molecule has 2 rings (SSSR count). The minimum absolute atomic E-state index is 0.199. The lowest BCUT2D eigenvalue weighted by Crippen LogP contribution is -2.35. The van der Waals surface area contributed by atoms with Crippen molar-refractivity contribution in [3.63, 3.8) is 0 Å². The minimum atomic E-state index is -3.44. The van der Waals surface area contributed by atoms with E-state index < -0.39 is 46.8 Å². The van der Waals surface area contributed by atoms with Gasteiger partial charge in [0.25, 0.3) is 5.92 Å². The molecule has 94 valence electrons. The molecular formula is C9H7F4NO2S. The van der Waals surface area contributed by atoms with Crippen LogP contribution in [0.3, 0.4) is 0 Å². The van der Waals surface area contributed by atoms with Gasteiger partial charge in [0.05, 0.1) is 0 Å². The smallest absolute Gasteiger partial charge is 0.272 e. The van der Waals surface area contributed by atoms with Crippen LogP contribution < -0.4 is 4.72 Å². The van der Waals surface area contributed by atoms with Gasteiger partial charge in [0.15, 0.2) is 0 Å². The standard InChI is InChI=1S/C9H7F4NO2S/c10-5-1-4-3-9(12,13)8(14-17(15)16)7(4)6(11)2-5/h1-2,8,14H,3H2,(H,15,16). The molecule has 1 aliphatic rings. The zero-order chi connectivity index (χ0) is 12.8. The molecule has 2 N–H and O–H groups in total. The molecule has 3 nitrogen and oxygen atoms in total. The molecular weight excluding hydrogens is 262 g/mol. The Kier molecular flexibility index (Phi) is 2.96. The molecule has 0 aromatic heterocycles. The van der Waals surface area contributed by atoms with Crippen LogP contribution in [0, 0.1) is 11.6 Å². The predicted molar refractivity (Wildman–Crippen MR) is 51.7 cm³/mol. The molecule has 0 saturated heterocycles. The number of hydrogen-bond acceptors (Lipinski definition) is 1. The minimum Gasteiger partial charge on any atom is -0.294 e. The van der Waals surface area contributed by atoms with Gasteiger partial charge < -0.3 is 0 Å². The summed E-state index contributed by atoms with van der Waals surface area (Å²) in [6.07, 6.45) is -0.869. The Labute approximate surface area is 96.2 Å². The lowest BCUT2D eigenvalue weighted by atomic mass is 10.1. The number of alkyl halides is 2. The Morgan fingerprint density at radius 2 is 2.06 bits per heavy atom. The number of hydrogen-bond donors (Lipinski definition) is 2. The highest BCUT2D eigenvalue weighted by molar-refractivity contribution is 7.77. The van der Waals surface area contributed by atoms with Crippen LogP contribution in [0.1, 0.15) is 17.2 Å². The zero-order valence-corrected chi connectivity index (χ0v) is 9.03. The summed E-state index contributed by atoms with van der Waals surface area (Å²) in [7, 11) is 0. The van der Waals surface area contributed by atoms with Crippen LogP contribution >= 0.6 is 0 Å². The van der Waals surface area contributed by atoms with Crippen LogP contribution in [-0.4, -0.2) is 14.7 Å². The molecule has 0 amide bonds. The highest BCUT2D eigenvalue weighted by Crippen LogP contribution is 2.44. The summed E-state index contributed by atoms with van der Waals surface area (Å²) >= 11 is -2.71. The van der Waals surface area contributed by atoms with Gasteiger partial charge in [-0.15, -0.1) is 0 Å². The van der Waals surface area contributed by atoms with E-state index in [2.05, 4.69) is 0 Å². The van der Waals surface area contributed by atoms with E-state index in [4.69, 9.17) is 4.55 Å². The predicted octanol–water partition coefficient (Wildman–Crippen LogP) is 1.92. The van der Waals surface area contributed by atoms with Crippen molar-refractivity contribution >= 4 is 11.3 Å². The van der Waals surface area contributed by atoms with Crippen molar-refractivity contribution in [1.29, 1.82) is 0 Å². The Morgan fingerprint density at radius 1 is 1.41 bits per heavy atom. The molecule has 1 aromatic carbocycles. The highest BCUT2D eigenvalue weighted by Gasteiger charge is 2.50. The molecule has 2 atom stereocenters. The van der Waals surface area contributed by atoms with Crippen LogP contribution in [0.4, 0.5) is 17.6 Å². The summed E-state index contributed by atoms with van der Waals surface area (Å²) in [5.41, 5.74) is -0.658. The van der Waals surface area contributed by atoms with Crippen LogP contribution in [0.2, 0.25) is 0 Å². The van der Waals surface area contributed by atoms with Crippen LogP contribution in [0.25, 0.3) is 0 Å². The molecule has 0 spiro atoms. The summed E-state index contributed by atoms with van der Waals surface area (Å²) in [6.45, 7) is 0. The van der Waals surface area contributed by atoms with E-state index in [1.54, 1.807) is 4.72 Å². The summed E-state index contributed by atoms with van der Waals surface area (Å²) in [5, 5.41) is 0. The molecule has 0 fully saturated rings. The van der Waals surface area contributed by atoms with Crippen LogP contribution in [-0.2, 0) is 17.7 Å². The maximum absolute atomic E-state index is 13.5. The van der Waals surface area contributed by atoms with Gasteiger partial charge in [0.1, 0.15) is 17.7 Å². The summed E-state index contributed by atoms with van der Waals surface area (Å²) in [6, 6.07) is -0.660. The second-order valence-electron chi connectivity index (χ2n) is 3.70. The molecule has 0 bridgehead atoms. The van der Waals surface area contributed by atoms with Gasteiger partial charge in [0, 0.05) is 18.1 Å². The van der Waals surface area contributed by atoms with E-state index >= 15 is 0 Å². The molecule has 0 radical (unpaired) electrons. The van der Waals surface area contributed by atoms with Crippen molar-refractivity contribution < 1.29 is 26.3 Å². The fourth-order valence-electron chi connectivity index (χ4n) is 1.92. The van der Waals surface area contributed by atoms with Gasteiger partial charge in [-0.05, 0) is 11.6 Å². The monoisotopic (exact) mass is 269 g/mol. The fraction of sp³-hybridized carbons (Fsp3) is 0.333. The molecule has 8 heteroatoms. The fourth-order valence-corrected chi connectivity index (χ4v) is 2.41. The van der Waals surface area contributed by atoms with E-state index in [0.717, 1.165) is 6.07 Å². The van der Waals surface area contributed by atoms with Crippen molar-refractivity contribution in [1.82, 2.24) is 4.72 Å². The number of fused-ring (bicyclic) bond motifs is 1. The van der Waals surface area contributed by atoms with Crippen LogP contribution in [0.15, 0.2) is 12.1 Å². The number of rotatable bonds is 2. The van der Waals surface area contributed by atoms with E-state index in [1.165, 1.54) is 0 Å². The van der Waals surface area contributed by atoms with Gasteiger partial charge in [-0.3, -0.25) is 4.55 Å². The molecule has 0 heterocycles. The Morgan fingerprint density at radius 3 is 2.65 bits per heavy atom. The first-order valence-electron chi connectivity index (χ1n) is 4.54. The number of benzene rings is 1. The zero-order valence-electron chi connectivity index (χ0n) is 8.21. The average Bonchev–Trinajstić information content (AvgIpc) is 2.36. The first kappa shape index (κ1) is 12.5. The van der Waals surface area contributed by atoms with Gasteiger partial charge in [-0.2, -0.15) is 0 Å². The first-order valence-corrected chi connectivity index (χ1v) is 5.64. The normalized spacial score (nSPS) is 23.5. The van der Waals surface area contributed by atoms with Crippen molar-refractivity contribution in [2.24, 2.45) is 0 Å². The van der Waals surface area contributed by atoms with Crippen molar-refractivity contribution in [3.8, 4) is 0 Å². The van der Waals surface area contributed by atoms with E-state index in [0.29, 0.717) is 6.07 Å². The second kappa shape index (κ2) is 4.04. The molecule has 0 aliphatic heterocycles. The van der Waals surface area contributed by atoms with Crippen LogP contribution in [0.5, 0.6) is 0 Å². The number of halogens is 4. The average molecular weight is 269 g/mol. The molecule has 0 saturated carbocycles. The summed E-state index contributed by atoms with van der Waals surface area (Å²) in [5.74, 6) is -5.54. The lowest BCUT2D eigenvalue weighted by molar-refractivity contribution is -0.0194.